The lowest BCUT2D eigenvalue weighted by Gasteiger charge is -2.38. The van der Waals surface area contributed by atoms with Crippen molar-refractivity contribution in [2.45, 2.75) is 52.1 Å². The van der Waals surface area contributed by atoms with Crippen LogP contribution in [-0.2, 0) is 9.59 Å². The van der Waals surface area contributed by atoms with Crippen molar-refractivity contribution in [3.8, 4) is 0 Å². The van der Waals surface area contributed by atoms with Gasteiger partial charge in [0.15, 0.2) is 0 Å². The van der Waals surface area contributed by atoms with Gasteiger partial charge in [0.05, 0.1) is 0 Å². The van der Waals surface area contributed by atoms with Gasteiger partial charge in [-0.25, -0.2) is 0 Å². The maximum Gasteiger partial charge on any atom is 0.246 e. The summed E-state index contributed by atoms with van der Waals surface area (Å²) in [6.07, 6.45) is 2.23. The summed E-state index contributed by atoms with van der Waals surface area (Å²) in [5, 5.41) is 2.81. The predicted octanol–water partition coefficient (Wildman–Crippen LogP) is 1.47. The molecule has 1 N–H and O–H groups in total. The fourth-order valence-corrected chi connectivity index (χ4v) is 2.19. The van der Waals surface area contributed by atoms with Crippen molar-refractivity contribution in [2.24, 2.45) is 0 Å². The molecule has 1 fully saturated rings. The highest BCUT2D eigenvalue weighted by Crippen LogP contribution is 2.16. The SMILES string of the molecule is C=C(C)CN1C(=O)C(CCC)NC(=O)C1CC. The summed E-state index contributed by atoms with van der Waals surface area (Å²) in [6.45, 7) is 10.1. The molecule has 0 bridgehead atoms. The van der Waals surface area contributed by atoms with Crippen LogP contribution in [0.1, 0.15) is 40.0 Å². The molecule has 96 valence electrons. The largest absolute Gasteiger partial charge is 0.343 e. The van der Waals surface area contributed by atoms with Gasteiger partial charge in [-0.05, 0) is 19.8 Å². The van der Waals surface area contributed by atoms with E-state index in [1.165, 1.54) is 0 Å². The molecule has 0 aromatic rings. The first kappa shape index (κ1) is 13.7. The second-order valence-corrected chi connectivity index (χ2v) is 4.70. The summed E-state index contributed by atoms with van der Waals surface area (Å²) < 4.78 is 0. The zero-order valence-electron chi connectivity index (χ0n) is 11.0. The van der Waals surface area contributed by atoms with E-state index < -0.39 is 0 Å². The highest BCUT2D eigenvalue weighted by Gasteiger charge is 2.38. The summed E-state index contributed by atoms with van der Waals surface area (Å²) in [5.41, 5.74) is 0.904. The van der Waals surface area contributed by atoms with E-state index in [2.05, 4.69) is 11.9 Å². The van der Waals surface area contributed by atoms with Crippen LogP contribution in [0.25, 0.3) is 0 Å². The molecule has 0 aliphatic carbocycles. The second kappa shape index (κ2) is 5.84. The van der Waals surface area contributed by atoms with Gasteiger partial charge in [-0.15, -0.1) is 0 Å². The van der Waals surface area contributed by atoms with Gasteiger partial charge in [0.2, 0.25) is 11.8 Å². The fourth-order valence-electron chi connectivity index (χ4n) is 2.19. The minimum Gasteiger partial charge on any atom is -0.343 e. The van der Waals surface area contributed by atoms with Crippen LogP contribution in [0.5, 0.6) is 0 Å². The molecule has 1 saturated heterocycles. The van der Waals surface area contributed by atoms with Gasteiger partial charge < -0.3 is 10.2 Å². The number of nitrogens with one attached hydrogen (secondary N) is 1. The molecule has 0 saturated carbocycles. The zero-order valence-corrected chi connectivity index (χ0v) is 11.0. The summed E-state index contributed by atoms with van der Waals surface area (Å²) in [7, 11) is 0. The van der Waals surface area contributed by atoms with E-state index in [0.29, 0.717) is 19.4 Å². The first-order valence-corrected chi connectivity index (χ1v) is 6.26. The van der Waals surface area contributed by atoms with Crippen molar-refractivity contribution in [1.29, 1.82) is 0 Å². The van der Waals surface area contributed by atoms with E-state index >= 15 is 0 Å². The van der Waals surface area contributed by atoms with Crippen molar-refractivity contribution in [3.05, 3.63) is 12.2 Å². The van der Waals surface area contributed by atoms with Gasteiger partial charge in [0.25, 0.3) is 0 Å². The highest BCUT2D eigenvalue weighted by molar-refractivity contribution is 5.97. The first-order chi connectivity index (χ1) is 8.01. The Morgan fingerprint density at radius 3 is 2.53 bits per heavy atom. The van der Waals surface area contributed by atoms with E-state index in [1.54, 1.807) is 4.90 Å². The molecular formula is C13H22N2O2. The second-order valence-electron chi connectivity index (χ2n) is 4.70. The van der Waals surface area contributed by atoms with Crippen molar-refractivity contribution in [3.63, 3.8) is 0 Å². The quantitative estimate of drug-likeness (QED) is 0.737. The highest BCUT2D eigenvalue weighted by atomic mass is 16.2. The molecule has 2 atom stereocenters. The smallest absolute Gasteiger partial charge is 0.246 e. The summed E-state index contributed by atoms with van der Waals surface area (Å²) >= 11 is 0. The van der Waals surface area contributed by atoms with Crippen LogP contribution < -0.4 is 5.32 Å². The summed E-state index contributed by atoms with van der Waals surface area (Å²) in [4.78, 5) is 25.8. The monoisotopic (exact) mass is 238 g/mol. The summed E-state index contributed by atoms with van der Waals surface area (Å²) in [5.74, 6) is -0.00639. The van der Waals surface area contributed by atoms with Gasteiger partial charge in [0.1, 0.15) is 12.1 Å². The Labute approximate surface area is 103 Å². The van der Waals surface area contributed by atoms with Gasteiger partial charge in [-0.2, -0.15) is 0 Å². The average molecular weight is 238 g/mol. The third-order valence-electron chi connectivity index (χ3n) is 2.98. The lowest BCUT2D eigenvalue weighted by atomic mass is 10.0. The maximum atomic E-state index is 12.2. The Bertz CT molecular complexity index is 325. The molecule has 2 unspecified atom stereocenters. The minimum absolute atomic E-state index is 0.0290. The third-order valence-corrected chi connectivity index (χ3v) is 2.98. The molecule has 0 spiro atoms. The van der Waals surface area contributed by atoms with Gasteiger partial charge in [-0.3, -0.25) is 9.59 Å². The molecule has 1 aliphatic heterocycles. The van der Waals surface area contributed by atoms with E-state index in [-0.39, 0.29) is 23.9 Å². The standard InChI is InChI=1S/C13H22N2O2/c1-5-7-10-13(17)15(8-9(3)4)11(6-2)12(16)14-10/h10-11H,3,5-8H2,1-2,4H3,(H,14,16). The van der Waals surface area contributed by atoms with E-state index in [1.807, 2.05) is 20.8 Å². The van der Waals surface area contributed by atoms with E-state index in [4.69, 9.17) is 0 Å². The van der Waals surface area contributed by atoms with Crippen LogP contribution >= 0.6 is 0 Å². The lowest BCUT2D eigenvalue weighted by Crippen LogP contribution is -2.63. The van der Waals surface area contributed by atoms with Gasteiger partial charge >= 0.3 is 0 Å². The fraction of sp³-hybridized carbons (Fsp3) is 0.692. The molecule has 0 aromatic heterocycles. The molecule has 4 nitrogen and oxygen atoms in total. The Morgan fingerprint density at radius 1 is 1.41 bits per heavy atom. The Balaban J connectivity index is 2.88. The van der Waals surface area contributed by atoms with Crippen LogP contribution in [0.4, 0.5) is 0 Å². The van der Waals surface area contributed by atoms with Gasteiger partial charge in [0, 0.05) is 6.54 Å². The number of carbonyl (C=O) groups is 2. The van der Waals surface area contributed by atoms with Crippen molar-refractivity contribution in [1.82, 2.24) is 10.2 Å². The molecule has 0 radical (unpaired) electrons. The number of hydrogen-bond acceptors (Lipinski definition) is 2. The van der Waals surface area contributed by atoms with Crippen molar-refractivity contribution in [2.75, 3.05) is 6.54 Å². The third kappa shape index (κ3) is 3.08. The van der Waals surface area contributed by atoms with Crippen LogP contribution in [0.2, 0.25) is 0 Å². The van der Waals surface area contributed by atoms with E-state index in [0.717, 1.165) is 12.0 Å². The Hall–Kier alpha value is -1.32. The van der Waals surface area contributed by atoms with E-state index in [9.17, 15) is 9.59 Å². The number of piperazine rings is 1. The van der Waals surface area contributed by atoms with Crippen molar-refractivity contribution < 1.29 is 9.59 Å². The van der Waals surface area contributed by atoms with Crippen LogP contribution in [0.3, 0.4) is 0 Å². The van der Waals surface area contributed by atoms with Gasteiger partial charge in [-0.1, -0.05) is 32.4 Å². The number of rotatable bonds is 5. The van der Waals surface area contributed by atoms with Crippen LogP contribution in [-0.4, -0.2) is 35.3 Å². The van der Waals surface area contributed by atoms with Crippen LogP contribution in [0, 0.1) is 0 Å². The number of carbonyl (C=O) groups excluding carboxylic acids is 2. The molecule has 17 heavy (non-hydrogen) atoms. The molecule has 1 aliphatic rings. The molecule has 4 heteroatoms. The lowest BCUT2D eigenvalue weighted by molar-refractivity contribution is -0.149. The minimum atomic E-state index is -0.352. The molecule has 1 rings (SSSR count). The number of hydrogen-bond donors (Lipinski definition) is 1. The predicted molar refractivity (Wildman–Crippen MR) is 67.4 cm³/mol. The number of amides is 2. The molecule has 1 heterocycles. The normalized spacial score (nSPS) is 24.8. The zero-order chi connectivity index (χ0) is 13.0. The Morgan fingerprint density at radius 2 is 2.06 bits per heavy atom. The molecule has 2 amide bonds. The molecular weight excluding hydrogens is 216 g/mol. The van der Waals surface area contributed by atoms with Crippen molar-refractivity contribution >= 4 is 11.8 Å². The first-order valence-electron chi connectivity index (χ1n) is 6.26. The molecule has 0 aromatic carbocycles. The summed E-state index contributed by atoms with van der Waals surface area (Å²) in [6, 6.07) is -0.693. The van der Waals surface area contributed by atoms with Crippen LogP contribution in [0.15, 0.2) is 12.2 Å². The average Bonchev–Trinajstić information content (AvgIpc) is 2.25. The Kier molecular flexibility index (Phi) is 4.73. The number of nitrogens with zero attached hydrogens (tertiary/aromatic N) is 1. The maximum absolute atomic E-state index is 12.2. The topological polar surface area (TPSA) is 49.4 Å².